The molecule has 0 aliphatic rings. The van der Waals surface area contributed by atoms with E-state index in [9.17, 15) is 13.2 Å². The van der Waals surface area contributed by atoms with Gasteiger partial charge in [-0.25, -0.2) is 9.52 Å². The van der Waals surface area contributed by atoms with E-state index in [0.717, 1.165) is 5.56 Å². The van der Waals surface area contributed by atoms with Crippen molar-refractivity contribution in [3.8, 4) is 0 Å². The minimum atomic E-state index is -3.97. The topological polar surface area (TPSA) is 84.5 Å². The lowest BCUT2D eigenvalue weighted by Gasteiger charge is -2.11. The quantitative estimate of drug-likeness (QED) is 0.875. The molecule has 1 aromatic rings. The molecule has 100 valence electrons. The summed E-state index contributed by atoms with van der Waals surface area (Å²) in [5.41, 5.74) is 1.37. The van der Waals surface area contributed by atoms with Gasteiger partial charge >= 0.3 is 16.3 Å². The molecule has 1 amide bonds. The van der Waals surface area contributed by atoms with Gasteiger partial charge in [-0.3, -0.25) is 4.72 Å². The van der Waals surface area contributed by atoms with Gasteiger partial charge in [0.2, 0.25) is 0 Å². The summed E-state index contributed by atoms with van der Waals surface area (Å²) in [5.74, 6) is 0. The third-order valence-electron chi connectivity index (χ3n) is 1.86. The maximum atomic E-state index is 11.6. The van der Waals surface area contributed by atoms with Crippen molar-refractivity contribution in [2.75, 3.05) is 4.72 Å². The van der Waals surface area contributed by atoms with Crippen molar-refractivity contribution >= 4 is 22.0 Å². The Morgan fingerprint density at radius 2 is 1.78 bits per heavy atom. The van der Waals surface area contributed by atoms with Crippen LogP contribution in [0.4, 0.5) is 10.5 Å². The Labute approximate surface area is 107 Å². The van der Waals surface area contributed by atoms with E-state index in [1.54, 1.807) is 42.8 Å². The van der Waals surface area contributed by atoms with Crippen LogP contribution in [0, 0.1) is 6.92 Å². The van der Waals surface area contributed by atoms with Crippen LogP contribution in [0.15, 0.2) is 24.3 Å². The molecule has 0 saturated carbocycles. The van der Waals surface area contributed by atoms with Crippen molar-refractivity contribution in [3.63, 3.8) is 0 Å². The van der Waals surface area contributed by atoms with E-state index >= 15 is 0 Å². The zero-order chi connectivity index (χ0) is 13.8. The van der Waals surface area contributed by atoms with Gasteiger partial charge < -0.3 is 4.74 Å². The highest BCUT2D eigenvalue weighted by atomic mass is 32.2. The molecule has 1 rings (SSSR count). The molecule has 0 aliphatic heterocycles. The number of nitrogens with one attached hydrogen (secondary N) is 2. The van der Waals surface area contributed by atoms with E-state index in [0.29, 0.717) is 5.69 Å². The Morgan fingerprint density at radius 1 is 1.22 bits per heavy atom. The van der Waals surface area contributed by atoms with Crippen molar-refractivity contribution in [3.05, 3.63) is 29.8 Å². The largest absolute Gasteiger partial charge is 0.446 e. The standard InChI is InChI=1S/C11H16N2O4S/c1-8(2)17-11(14)13-18(15,16)12-10-6-4-9(3)5-7-10/h4-8,12H,1-3H3,(H,13,14). The number of ether oxygens (including phenoxy) is 1. The number of hydrogen-bond donors (Lipinski definition) is 2. The Bertz CT molecular complexity index is 508. The van der Waals surface area contributed by atoms with Gasteiger partial charge in [-0.2, -0.15) is 8.42 Å². The molecule has 7 heteroatoms. The maximum absolute atomic E-state index is 11.6. The third kappa shape index (κ3) is 5.05. The summed E-state index contributed by atoms with van der Waals surface area (Å²) in [6, 6.07) is 6.71. The number of anilines is 1. The number of amides is 1. The van der Waals surface area contributed by atoms with Gasteiger partial charge in [-0.1, -0.05) is 17.7 Å². The number of carbonyl (C=O) groups excluding carboxylic acids is 1. The van der Waals surface area contributed by atoms with Crippen LogP contribution in [0.25, 0.3) is 0 Å². The lowest BCUT2D eigenvalue weighted by atomic mass is 10.2. The second kappa shape index (κ2) is 5.72. The first-order valence-electron chi connectivity index (χ1n) is 5.36. The fourth-order valence-electron chi connectivity index (χ4n) is 1.15. The molecule has 2 N–H and O–H groups in total. The molecule has 0 aliphatic carbocycles. The second-order valence-corrected chi connectivity index (χ2v) is 5.44. The van der Waals surface area contributed by atoms with Crippen molar-refractivity contribution < 1.29 is 17.9 Å². The van der Waals surface area contributed by atoms with Crippen LogP contribution >= 0.6 is 0 Å². The van der Waals surface area contributed by atoms with Gasteiger partial charge in [0.25, 0.3) is 0 Å². The Morgan fingerprint density at radius 3 is 2.28 bits per heavy atom. The number of carbonyl (C=O) groups is 1. The summed E-state index contributed by atoms with van der Waals surface area (Å²) in [4.78, 5) is 11.2. The Balaban J connectivity index is 2.65. The third-order valence-corrected chi connectivity index (χ3v) is 2.80. The molecule has 0 radical (unpaired) electrons. The van der Waals surface area contributed by atoms with Crippen LogP contribution in [0.3, 0.4) is 0 Å². The number of aryl methyl sites for hydroxylation is 1. The summed E-state index contributed by atoms with van der Waals surface area (Å²) >= 11 is 0. The fraction of sp³-hybridized carbons (Fsp3) is 0.364. The van der Waals surface area contributed by atoms with Crippen LogP contribution in [-0.2, 0) is 14.9 Å². The van der Waals surface area contributed by atoms with E-state index in [2.05, 4.69) is 9.46 Å². The summed E-state index contributed by atoms with van der Waals surface area (Å²) in [6.45, 7) is 5.13. The van der Waals surface area contributed by atoms with Gasteiger partial charge in [0.15, 0.2) is 0 Å². The lowest BCUT2D eigenvalue weighted by Crippen LogP contribution is -2.36. The SMILES string of the molecule is Cc1ccc(NS(=O)(=O)NC(=O)OC(C)C)cc1. The average Bonchev–Trinajstić information content (AvgIpc) is 2.18. The smallest absolute Gasteiger partial charge is 0.422 e. The van der Waals surface area contributed by atoms with E-state index in [1.165, 1.54) is 0 Å². The number of hydrogen-bond acceptors (Lipinski definition) is 4. The first kappa shape index (κ1) is 14.3. The average molecular weight is 272 g/mol. The minimum absolute atomic E-state index is 0.366. The van der Waals surface area contributed by atoms with Gasteiger partial charge in [-0.15, -0.1) is 0 Å². The van der Waals surface area contributed by atoms with Crippen LogP contribution in [0.1, 0.15) is 19.4 Å². The normalized spacial score (nSPS) is 11.1. The first-order valence-corrected chi connectivity index (χ1v) is 6.84. The zero-order valence-corrected chi connectivity index (χ0v) is 11.2. The van der Waals surface area contributed by atoms with E-state index in [4.69, 9.17) is 0 Å². The molecule has 0 heterocycles. The first-order chi connectivity index (χ1) is 8.28. The minimum Gasteiger partial charge on any atom is -0.446 e. The fourth-order valence-corrected chi connectivity index (χ4v) is 1.92. The highest BCUT2D eigenvalue weighted by Gasteiger charge is 2.16. The van der Waals surface area contributed by atoms with Crippen molar-refractivity contribution in [1.29, 1.82) is 0 Å². The van der Waals surface area contributed by atoms with Crippen molar-refractivity contribution in [2.24, 2.45) is 0 Å². The Hall–Kier alpha value is -1.76. The zero-order valence-electron chi connectivity index (χ0n) is 10.4. The highest BCUT2D eigenvalue weighted by molar-refractivity contribution is 7.91. The van der Waals surface area contributed by atoms with Crippen LogP contribution in [0.2, 0.25) is 0 Å². The molecule has 1 aromatic carbocycles. The van der Waals surface area contributed by atoms with Crippen molar-refractivity contribution in [1.82, 2.24) is 4.72 Å². The summed E-state index contributed by atoms with van der Waals surface area (Å²) < 4.78 is 31.7. The highest BCUT2D eigenvalue weighted by Crippen LogP contribution is 2.09. The summed E-state index contributed by atoms with van der Waals surface area (Å²) in [6.07, 6.45) is -1.40. The molecule has 0 bridgehead atoms. The molecule has 0 fully saturated rings. The predicted molar refractivity (Wildman–Crippen MR) is 68.5 cm³/mol. The van der Waals surface area contributed by atoms with Gasteiger partial charge in [-0.05, 0) is 32.9 Å². The van der Waals surface area contributed by atoms with Gasteiger partial charge in [0.1, 0.15) is 0 Å². The van der Waals surface area contributed by atoms with E-state index in [-0.39, 0.29) is 6.10 Å². The van der Waals surface area contributed by atoms with Gasteiger partial charge in [0, 0.05) is 0 Å². The molecular weight excluding hydrogens is 256 g/mol. The molecule has 0 spiro atoms. The molecule has 0 aromatic heterocycles. The number of benzene rings is 1. The molecule has 18 heavy (non-hydrogen) atoms. The molecule has 0 unspecified atom stereocenters. The summed E-state index contributed by atoms with van der Waals surface area (Å²) in [5, 5.41) is 0. The van der Waals surface area contributed by atoms with E-state index < -0.39 is 16.3 Å². The Kier molecular flexibility index (Phi) is 4.55. The molecule has 6 nitrogen and oxygen atoms in total. The number of rotatable bonds is 4. The van der Waals surface area contributed by atoms with Crippen LogP contribution < -0.4 is 9.44 Å². The van der Waals surface area contributed by atoms with Crippen LogP contribution in [-0.4, -0.2) is 20.6 Å². The monoisotopic (exact) mass is 272 g/mol. The summed E-state index contributed by atoms with van der Waals surface area (Å²) in [7, 11) is -3.97. The molecule has 0 atom stereocenters. The van der Waals surface area contributed by atoms with Gasteiger partial charge in [0.05, 0.1) is 11.8 Å². The molecular formula is C11H16N2O4S. The second-order valence-electron chi connectivity index (χ2n) is 4.03. The lowest BCUT2D eigenvalue weighted by molar-refractivity contribution is 0.121. The molecule has 0 saturated heterocycles. The van der Waals surface area contributed by atoms with Crippen molar-refractivity contribution in [2.45, 2.75) is 26.9 Å². The van der Waals surface area contributed by atoms with Crippen LogP contribution in [0.5, 0.6) is 0 Å². The maximum Gasteiger partial charge on any atom is 0.422 e. The predicted octanol–water partition coefficient (Wildman–Crippen LogP) is 1.79. The van der Waals surface area contributed by atoms with E-state index in [1.807, 2.05) is 6.92 Å².